The highest BCUT2D eigenvalue weighted by Crippen LogP contribution is 2.35. The van der Waals surface area contributed by atoms with Crippen LogP contribution in [0.4, 0.5) is 8.78 Å². The van der Waals surface area contributed by atoms with Crippen LogP contribution in [0, 0.1) is 17.6 Å². The van der Waals surface area contributed by atoms with Gasteiger partial charge in [-0.3, -0.25) is 0 Å². The van der Waals surface area contributed by atoms with Gasteiger partial charge in [0.2, 0.25) is 0 Å². The Labute approximate surface area is 87.7 Å². The van der Waals surface area contributed by atoms with E-state index in [0.717, 1.165) is 37.8 Å². The van der Waals surface area contributed by atoms with Crippen LogP contribution in [-0.2, 0) is 0 Å². The Morgan fingerprint density at radius 2 is 1.80 bits per heavy atom. The SMILES string of the molecule is O[C@@H](c1ccc(F)c(F)c1)C1CCCC1. The first kappa shape index (κ1) is 10.6. The van der Waals surface area contributed by atoms with E-state index < -0.39 is 17.7 Å². The number of aliphatic hydroxyl groups excluding tert-OH is 1. The molecule has 0 aromatic heterocycles. The number of hydrogen-bond acceptors (Lipinski definition) is 1. The normalized spacial score (nSPS) is 19.4. The van der Waals surface area contributed by atoms with Gasteiger partial charge in [0.05, 0.1) is 6.10 Å². The molecule has 0 amide bonds. The van der Waals surface area contributed by atoms with Gasteiger partial charge in [-0.2, -0.15) is 0 Å². The highest BCUT2D eigenvalue weighted by atomic mass is 19.2. The fourth-order valence-electron chi connectivity index (χ4n) is 2.24. The summed E-state index contributed by atoms with van der Waals surface area (Å²) in [6, 6.07) is 3.63. The van der Waals surface area contributed by atoms with E-state index in [2.05, 4.69) is 0 Å². The molecule has 1 N–H and O–H groups in total. The fraction of sp³-hybridized carbons (Fsp3) is 0.500. The van der Waals surface area contributed by atoms with Gasteiger partial charge < -0.3 is 5.11 Å². The Hall–Kier alpha value is -0.960. The van der Waals surface area contributed by atoms with Gasteiger partial charge in [0.25, 0.3) is 0 Å². The Balaban J connectivity index is 2.17. The van der Waals surface area contributed by atoms with E-state index >= 15 is 0 Å². The maximum Gasteiger partial charge on any atom is 0.159 e. The van der Waals surface area contributed by atoms with E-state index in [4.69, 9.17) is 0 Å². The second-order valence-electron chi connectivity index (χ2n) is 4.16. The first-order chi connectivity index (χ1) is 7.18. The maximum absolute atomic E-state index is 12.9. The zero-order chi connectivity index (χ0) is 10.8. The van der Waals surface area contributed by atoms with Crippen LogP contribution in [0.2, 0.25) is 0 Å². The van der Waals surface area contributed by atoms with Crippen molar-refractivity contribution in [2.24, 2.45) is 5.92 Å². The van der Waals surface area contributed by atoms with E-state index in [9.17, 15) is 13.9 Å². The zero-order valence-corrected chi connectivity index (χ0v) is 8.42. The standard InChI is InChI=1S/C12H14F2O/c13-10-6-5-9(7-11(10)14)12(15)8-3-1-2-4-8/h5-8,12,15H,1-4H2/t12-/m1/s1. The molecule has 0 spiro atoms. The molecule has 0 aliphatic heterocycles. The number of aliphatic hydroxyl groups is 1. The minimum Gasteiger partial charge on any atom is -0.388 e. The molecule has 0 heterocycles. The average Bonchev–Trinajstić information content (AvgIpc) is 2.74. The van der Waals surface area contributed by atoms with Gasteiger partial charge in [0, 0.05) is 0 Å². The molecule has 1 aliphatic rings. The van der Waals surface area contributed by atoms with E-state index in [1.807, 2.05) is 0 Å². The van der Waals surface area contributed by atoms with Crippen molar-refractivity contribution in [3.8, 4) is 0 Å². The average molecular weight is 212 g/mol. The van der Waals surface area contributed by atoms with Gasteiger partial charge in [-0.25, -0.2) is 8.78 Å². The Bertz CT molecular complexity index is 345. The van der Waals surface area contributed by atoms with Gasteiger partial charge >= 0.3 is 0 Å². The van der Waals surface area contributed by atoms with Crippen molar-refractivity contribution in [1.82, 2.24) is 0 Å². The summed E-state index contributed by atoms with van der Waals surface area (Å²) >= 11 is 0. The molecule has 1 aliphatic carbocycles. The lowest BCUT2D eigenvalue weighted by Gasteiger charge is -2.17. The minimum atomic E-state index is -0.885. The first-order valence-corrected chi connectivity index (χ1v) is 5.31. The molecule has 2 rings (SSSR count). The fourth-order valence-corrected chi connectivity index (χ4v) is 2.24. The van der Waals surface area contributed by atoms with E-state index in [0.29, 0.717) is 5.56 Å². The smallest absolute Gasteiger partial charge is 0.159 e. The highest BCUT2D eigenvalue weighted by molar-refractivity contribution is 5.20. The van der Waals surface area contributed by atoms with Gasteiger partial charge in [0.1, 0.15) is 0 Å². The van der Waals surface area contributed by atoms with Crippen LogP contribution in [0.25, 0.3) is 0 Å². The zero-order valence-electron chi connectivity index (χ0n) is 8.42. The number of benzene rings is 1. The Kier molecular flexibility index (Phi) is 3.00. The number of rotatable bonds is 2. The Morgan fingerprint density at radius 3 is 2.40 bits per heavy atom. The predicted octanol–water partition coefficient (Wildman–Crippen LogP) is 3.19. The van der Waals surface area contributed by atoms with Crippen LogP contribution < -0.4 is 0 Å². The van der Waals surface area contributed by atoms with Gasteiger partial charge in [-0.15, -0.1) is 0 Å². The molecular formula is C12H14F2O. The van der Waals surface area contributed by atoms with Crippen LogP contribution >= 0.6 is 0 Å². The third kappa shape index (κ3) is 2.17. The number of hydrogen-bond donors (Lipinski definition) is 1. The summed E-state index contributed by atoms with van der Waals surface area (Å²) in [4.78, 5) is 0. The summed E-state index contributed by atoms with van der Waals surface area (Å²) in [5, 5.41) is 9.95. The summed E-state index contributed by atoms with van der Waals surface area (Å²) in [6.07, 6.45) is 3.53. The second kappa shape index (κ2) is 4.27. The van der Waals surface area contributed by atoms with Gasteiger partial charge in [-0.05, 0) is 36.5 Å². The molecule has 82 valence electrons. The Morgan fingerprint density at radius 1 is 1.13 bits per heavy atom. The lowest BCUT2D eigenvalue weighted by atomic mass is 9.94. The molecular weight excluding hydrogens is 198 g/mol. The molecule has 1 aromatic rings. The molecule has 3 heteroatoms. The van der Waals surface area contributed by atoms with E-state index in [1.165, 1.54) is 6.07 Å². The molecule has 15 heavy (non-hydrogen) atoms. The summed E-state index contributed by atoms with van der Waals surface area (Å²) in [6.45, 7) is 0. The lowest BCUT2D eigenvalue weighted by Crippen LogP contribution is -2.09. The van der Waals surface area contributed by atoms with Gasteiger partial charge in [-0.1, -0.05) is 18.9 Å². The lowest BCUT2D eigenvalue weighted by molar-refractivity contribution is 0.111. The highest BCUT2D eigenvalue weighted by Gasteiger charge is 2.24. The quantitative estimate of drug-likeness (QED) is 0.798. The molecule has 1 nitrogen and oxygen atoms in total. The van der Waals surface area contributed by atoms with Crippen LogP contribution in [0.15, 0.2) is 18.2 Å². The molecule has 1 saturated carbocycles. The van der Waals surface area contributed by atoms with Crippen molar-refractivity contribution >= 4 is 0 Å². The van der Waals surface area contributed by atoms with Crippen molar-refractivity contribution in [1.29, 1.82) is 0 Å². The minimum absolute atomic E-state index is 0.204. The molecule has 0 saturated heterocycles. The van der Waals surface area contributed by atoms with Crippen molar-refractivity contribution < 1.29 is 13.9 Å². The monoisotopic (exact) mass is 212 g/mol. The maximum atomic E-state index is 12.9. The molecule has 1 aromatic carbocycles. The summed E-state index contributed by atoms with van der Waals surface area (Å²) in [5.41, 5.74) is 0.487. The van der Waals surface area contributed by atoms with Crippen molar-refractivity contribution in [2.75, 3.05) is 0 Å². The summed E-state index contributed by atoms with van der Waals surface area (Å²) in [5.74, 6) is -1.54. The van der Waals surface area contributed by atoms with Crippen molar-refractivity contribution in [3.63, 3.8) is 0 Å². The molecule has 0 radical (unpaired) electrons. The molecule has 1 atom stereocenters. The van der Waals surface area contributed by atoms with E-state index in [-0.39, 0.29) is 5.92 Å². The third-order valence-corrected chi connectivity index (χ3v) is 3.13. The van der Waals surface area contributed by atoms with Gasteiger partial charge in [0.15, 0.2) is 11.6 Å². The number of halogens is 2. The van der Waals surface area contributed by atoms with Crippen molar-refractivity contribution in [3.05, 3.63) is 35.4 Å². The largest absolute Gasteiger partial charge is 0.388 e. The predicted molar refractivity (Wildman–Crippen MR) is 53.3 cm³/mol. The van der Waals surface area contributed by atoms with Crippen LogP contribution in [0.3, 0.4) is 0 Å². The molecule has 1 fully saturated rings. The second-order valence-corrected chi connectivity index (χ2v) is 4.16. The summed E-state index contributed by atoms with van der Waals surface area (Å²) < 4.78 is 25.6. The van der Waals surface area contributed by atoms with Crippen LogP contribution in [0.5, 0.6) is 0 Å². The van der Waals surface area contributed by atoms with Crippen LogP contribution in [-0.4, -0.2) is 5.11 Å². The van der Waals surface area contributed by atoms with Crippen LogP contribution in [0.1, 0.15) is 37.4 Å². The third-order valence-electron chi connectivity index (χ3n) is 3.13. The first-order valence-electron chi connectivity index (χ1n) is 5.31. The van der Waals surface area contributed by atoms with Crippen molar-refractivity contribution in [2.45, 2.75) is 31.8 Å². The summed E-state index contributed by atoms with van der Waals surface area (Å²) in [7, 11) is 0. The molecule has 0 unspecified atom stereocenters. The topological polar surface area (TPSA) is 20.2 Å². The van der Waals surface area contributed by atoms with E-state index in [1.54, 1.807) is 0 Å². The molecule has 0 bridgehead atoms.